The molecule has 26 heavy (non-hydrogen) atoms. The van der Waals surface area contributed by atoms with E-state index in [1.807, 2.05) is 61.5 Å². The van der Waals surface area contributed by atoms with Crippen molar-refractivity contribution in [2.45, 2.75) is 45.2 Å². The lowest BCUT2D eigenvalue weighted by Crippen LogP contribution is -2.48. The van der Waals surface area contributed by atoms with Crippen molar-refractivity contribution in [3.05, 3.63) is 65.7 Å². The molecule has 1 aliphatic heterocycles. The molecule has 0 N–H and O–H groups in total. The second-order valence-corrected chi connectivity index (χ2v) is 6.87. The number of anilines is 1. The molecule has 136 valence electrons. The van der Waals surface area contributed by atoms with Crippen molar-refractivity contribution < 1.29 is 9.59 Å². The van der Waals surface area contributed by atoms with Gasteiger partial charge in [0.1, 0.15) is 6.04 Å². The van der Waals surface area contributed by atoms with Crippen molar-refractivity contribution in [3.8, 4) is 0 Å². The van der Waals surface area contributed by atoms with Crippen molar-refractivity contribution in [1.82, 2.24) is 4.90 Å². The topological polar surface area (TPSA) is 40.6 Å². The van der Waals surface area contributed by atoms with Crippen LogP contribution >= 0.6 is 0 Å². The van der Waals surface area contributed by atoms with Crippen molar-refractivity contribution in [2.24, 2.45) is 0 Å². The lowest BCUT2D eigenvalue weighted by molar-refractivity contribution is -0.123. The second kappa shape index (κ2) is 7.73. The van der Waals surface area contributed by atoms with Gasteiger partial charge in [0.05, 0.1) is 17.3 Å². The fourth-order valence-corrected chi connectivity index (χ4v) is 3.69. The first-order valence-electron chi connectivity index (χ1n) is 9.30. The summed E-state index contributed by atoms with van der Waals surface area (Å²) >= 11 is 0. The average molecular weight is 350 g/mol. The third-order valence-corrected chi connectivity index (χ3v) is 5.21. The van der Waals surface area contributed by atoms with Gasteiger partial charge in [-0.15, -0.1) is 0 Å². The number of carbonyl (C=O) groups is 2. The third kappa shape index (κ3) is 3.24. The predicted molar refractivity (Wildman–Crippen MR) is 104 cm³/mol. The van der Waals surface area contributed by atoms with Crippen molar-refractivity contribution in [1.29, 1.82) is 0 Å². The second-order valence-electron chi connectivity index (χ2n) is 6.87. The van der Waals surface area contributed by atoms with Crippen molar-refractivity contribution in [3.63, 3.8) is 0 Å². The van der Waals surface area contributed by atoms with Crippen molar-refractivity contribution in [2.75, 3.05) is 11.9 Å². The lowest BCUT2D eigenvalue weighted by Gasteiger charge is -2.35. The van der Waals surface area contributed by atoms with Crippen LogP contribution in [0.5, 0.6) is 0 Å². The van der Waals surface area contributed by atoms with Crippen LogP contribution in [0.2, 0.25) is 0 Å². The Morgan fingerprint density at radius 3 is 2.35 bits per heavy atom. The number of para-hydroxylation sites is 1. The van der Waals surface area contributed by atoms with E-state index in [0.29, 0.717) is 17.7 Å². The Morgan fingerprint density at radius 2 is 1.65 bits per heavy atom. The van der Waals surface area contributed by atoms with E-state index >= 15 is 0 Å². The highest BCUT2D eigenvalue weighted by molar-refractivity contribution is 6.10. The number of hydrogen-bond donors (Lipinski definition) is 0. The zero-order valence-electron chi connectivity index (χ0n) is 15.7. The summed E-state index contributed by atoms with van der Waals surface area (Å²) in [6.07, 6.45) is 2.57. The van der Waals surface area contributed by atoms with E-state index in [9.17, 15) is 9.59 Å². The summed E-state index contributed by atoms with van der Waals surface area (Å²) in [6.45, 7) is 4.11. The number of unbranched alkanes of at least 4 members (excludes halogenated alkanes) is 1. The number of fused-ring (bicyclic) bond motifs is 1. The van der Waals surface area contributed by atoms with E-state index in [1.165, 1.54) is 0 Å². The van der Waals surface area contributed by atoms with Gasteiger partial charge < -0.3 is 9.80 Å². The van der Waals surface area contributed by atoms with E-state index in [1.54, 1.807) is 16.8 Å². The van der Waals surface area contributed by atoms with Gasteiger partial charge in [-0.3, -0.25) is 9.59 Å². The maximum Gasteiger partial charge on any atom is 0.257 e. The molecule has 2 atom stereocenters. The molecule has 0 radical (unpaired) electrons. The van der Waals surface area contributed by atoms with Crippen LogP contribution in [0.15, 0.2) is 54.6 Å². The minimum absolute atomic E-state index is 0.0143. The summed E-state index contributed by atoms with van der Waals surface area (Å²) in [4.78, 5) is 30.1. The first-order chi connectivity index (χ1) is 12.6. The average Bonchev–Trinajstić information content (AvgIpc) is 2.76. The maximum atomic E-state index is 13.5. The Hall–Kier alpha value is -2.62. The van der Waals surface area contributed by atoms with Gasteiger partial charge in [0.15, 0.2) is 0 Å². The maximum absolute atomic E-state index is 13.5. The molecule has 0 fully saturated rings. The molecule has 2 aromatic rings. The summed E-state index contributed by atoms with van der Waals surface area (Å²) in [5, 5.41) is 0. The van der Waals surface area contributed by atoms with E-state index in [2.05, 4.69) is 6.92 Å². The summed E-state index contributed by atoms with van der Waals surface area (Å²) in [5.41, 5.74) is 2.31. The fourth-order valence-electron chi connectivity index (χ4n) is 3.69. The Labute approximate surface area is 155 Å². The number of amides is 2. The number of benzene rings is 2. The quantitative estimate of drug-likeness (QED) is 0.800. The number of hydrogen-bond acceptors (Lipinski definition) is 2. The molecular formula is C22H26N2O2. The highest BCUT2D eigenvalue weighted by Crippen LogP contribution is 2.34. The molecule has 0 spiro atoms. The van der Waals surface area contributed by atoms with Gasteiger partial charge in [-0.25, -0.2) is 0 Å². The standard InChI is InChI=1S/C22H26N2O2/c1-4-5-14-20-22(26)23(3)19-15-10-9-13-18(19)21(25)24(20)16(2)17-11-7-6-8-12-17/h6-13,15-16,20H,4-5,14H2,1-3H3/t16-,20+/m0/s1. The smallest absolute Gasteiger partial charge is 0.257 e. The Morgan fingerprint density at radius 1 is 1.00 bits per heavy atom. The normalized spacial score (nSPS) is 18.5. The number of carbonyl (C=O) groups excluding carboxylic acids is 2. The van der Waals surface area contributed by atoms with Crippen LogP contribution in [0.4, 0.5) is 5.69 Å². The van der Waals surface area contributed by atoms with Gasteiger partial charge in [0.2, 0.25) is 5.91 Å². The molecule has 4 heteroatoms. The van der Waals surface area contributed by atoms with Crippen LogP contribution in [0.25, 0.3) is 0 Å². The highest BCUT2D eigenvalue weighted by atomic mass is 16.2. The summed E-state index contributed by atoms with van der Waals surface area (Å²) in [7, 11) is 1.77. The number of nitrogens with zero attached hydrogens (tertiary/aromatic N) is 2. The van der Waals surface area contributed by atoms with Gasteiger partial charge in [-0.1, -0.05) is 62.2 Å². The van der Waals surface area contributed by atoms with E-state index in [0.717, 1.165) is 18.4 Å². The molecule has 1 aliphatic rings. The molecule has 4 nitrogen and oxygen atoms in total. The monoisotopic (exact) mass is 350 g/mol. The number of rotatable bonds is 5. The van der Waals surface area contributed by atoms with Gasteiger partial charge >= 0.3 is 0 Å². The summed E-state index contributed by atoms with van der Waals surface area (Å²) < 4.78 is 0. The van der Waals surface area contributed by atoms with Gasteiger partial charge in [0, 0.05) is 7.05 Å². The van der Waals surface area contributed by atoms with E-state index in [4.69, 9.17) is 0 Å². The zero-order valence-corrected chi connectivity index (χ0v) is 15.7. The molecule has 0 bridgehead atoms. The highest BCUT2D eigenvalue weighted by Gasteiger charge is 2.40. The Balaban J connectivity index is 2.10. The predicted octanol–water partition coefficient (Wildman–Crippen LogP) is 4.43. The molecule has 2 amide bonds. The van der Waals surface area contributed by atoms with Crippen LogP contribution in [-0.2, 0) is 4.79 Å². The van der Waals surface area contributed by atoms with E-state index < -0.39 is 6.04 Å². The van der Waals surface area contributed by atoms with E-state index in [-0.39, 0.29) is 17.9 Å². The molecule has 1 heterocycles. The first kappa shape index (κ1) is 18.2. The Bertz CT molecular complexity index is 788. The molecule has 0 saturated heterocycles. The SMILES string of the molecule is CCCC[C@@H]1C(=O)N(C)c2ccccc2C(=O)N1[C@@H](C)c1ccccc1. The fraction of sp³-hybridized carbons (Fsp3) is 0.364. The largest absolute Gasteiger partial charge is 0.320 e. The lowest BCUT2D eigenvalue weighted by atomic mass is 10.0. The molecule has 2 aromatic carbocycles. The molecular weight excluding hydrogens is 324 g/mol. The van der Waals surface area contributed by atoms with Gasteiger partial charge in [0.25, 0.3) is 5.91 Å². The van der Waals surface area contributed by atoms with Crippen LogP contribution in [-0.4, -0.2) is 29.8 Å². The van der Waals surface area contributed by atoms with Crippen LogP contribution in [0.1, 0.15) is 55.1 Å². The minimum atomic E-state index is -0.449. The van der Waals surface area contributed by atoms with Crippen LogP contribution in [0, 0.1) is 0 Å². The molecule has 0 saturated carbocycles. The van der Waals surface area contributed by atoms with Crippen LogP contribution < -0.4 is 4.90 Å². The van der Waals surface area contributed by atoms with Crippen molar-refractivity contribution >= 4 is 17.5 Å². The van der Waals surface area contributed by atoms with Gasteiger partial charge in [-0.2, -0.15) is 0 Å². The van der Waals surface area contributed by atoms with Crippen LogP contribution in [0.3, 0.4) is 0 Å². The summed E-state index contributed by atoms with van der Waals surface area (Å²) in [6, 6.07) is 16.7. The third-order valence-electron chi connectivity index (χ3n) is 5.21. The zero-order chi connectivity index (χ0) is 18.7. The number of likely N-dealkylation sites (N-methyl/N-ethyl adjacent to an activating group) is 1. The molecule has 3 rings (SSSR count). The Kier molecular flexibility index (Phi) is 5.40. The minimum Gasteiger partial charge on any atom is -0.320 e. The summed E-state index contributed by atoms with van der Waals surface area (Å²) in [5.74, 6) is -0.0877. The molecule has 0 aliphatic carbocycles. The first-order valence-corrected chi connectivity index (χ1v) is 9.30. The van der Waals surface area contributed by atoms with Gasteiger partial charge in [-0.05, 0) is 31.0 Å². The molecule has 0 aromatic heterocycles. The molecule has 0 unspecified atom stereocenters.